The summed E-state index contributed by atoms with van der Waals surface area (Å²) >= 11 is 0. The van der Waals surface area contributed by atoms with Crippen LogP contribution in [0.4, 0.5) is 0 Å². The molecule has 1 saturated heterocycles. The Balaban J connectivity index is 0.00000144. The minimum Gasteiger partial charge on any atom is -0.330 e. The van der Waals surface area contributed by atoms with Crippen molar-refractivity contribution in [2.75, 3.05) is 19.6 Å². The standard InChI is InChI=1S/C13H21N3.ClH/c1-11-13(5-2-6-15-11)10-16-7-3-4-12(8-14)9-16;/h2,5-6,12H,3-4,7-10,14H2,1H3;1H. The summed E-state index contributed by atoms with van der Waals surface area (Å²) in [5.74, 6) is 0.686. The largest absolute Gasteiger partial charge is 0.330 e. The van der Waals surface area contributed by atoms with Gasteiger partial charge in [-0.3, -0.25) is 9.88 Å². The molecule has 0 aromatic carbocycles. The van der Waals surface area contributed by atoms with Gasteiger partial charge in [0, 0.05) is 25.0 Å². The maximum absolute atomic E-state index is 5.75. The fourth-order valence-corrected chi connectivity index (χ4v) is 2.41. The van der Waals surface area contributed by atoms with Crippen LogP contribution in [-0.4, -0.2) is 29.5 Å². The molecular weight excluding hydrogens is 234 g/mol. The minimum atomic E-state index is 0. The first-order chi connectivity index (χ1) is 7.79. The first-order valence-electron chi connectivity index (χ1n) is 6.12. The van der Waals surface area contributed by atoms with Crippen LogP contribution in [0.1, 0.15) is 24.1 Å². The lowest BCUT2D eigenvalue weighted by Crippen LogP contribution is -2.38. The van der Waals surface area contributed by atoms with Gasteiger partial charge in [-0.25, -0.2) is 0 Å². The van der Waals surface area contributed by atoms with Gasteiger partial charge in [0.2, 0.25) is 0 Å². The summed E-state index contributed by atoms with van der Waals surface area (Å²) in [7, 11) is 0. The first-order valence-corrected chi connectivity index (χ1v) is 6.12. The van der Waals surface area contributed by atoms with Crippen molar-refractivity contribution >= 4 is 12.4 Å². The maximum atomic E-state index is 5.75. The summed E-state index contributed by atoms with van der Waals surface area (Å²) in [5.41, 5.74) is 8.25. The van der Waals surface area contributed by atoms with Crippen LogP contribution in [-0.2, 0) is 6.54 Å². The molecule has 0 radical (unpaired) electrons. The molecule has 2 N–H and O–H groups in total. The van der Waals surface area contributed by atoms with Crippen LogP contribution in [0.25, 0.3) is 0 Å². The Morgan fingerprint density at radius 1 is 1.53 bits per heavy atom. The number of nitrogens with zero attached hydrogens (tertiary/aromatic N) is 2. The normalized spacial score (nSPS) is 20.9. The summed E-state index contributed by atoms with van der Waals surface area (Å²) < 4.78 is 0. The number of likely N-dealkylation sites (tertiary alicyclic amines) is 1. The highest BCUT2D eigenvalue weighted by Crippen LogP contribution is 2.18. The highest BCUT2D eigenvalue weighted by molar-refractivity contribution is 5.85. The third-order valence-electron chi connectivity index (χ3n) is 3.45. The number of hydrogen-bond acceptors (Lipinski definition) is 3. The number of pyridine rings is 1. The number of rotatable bonds is 3. The molecule has 4 heteroatoms. The minimum absolute atomic E-state index is 0. The van der Waals surface area contributed by atoms with Gasteiger partial charge in [0.05, 0.1) is 0 Å². The van der Waals surface area contributed by atoms with Gasteiger partial charge >= 0.3 is 0 Å². The molecule has 0 bridgehead atoms. The topological polar surface area (TPSA) is 42.2 Å². The van der Waals surface area contributed by atoms with Crippen LogP contribution < -0.4 is 5.73 Å². The van der Waals surface area contributed by atoms with E-state index in [0.29, 0.717) is 5.92 Å². The van der Waals surface area contributed by atoms with Crippen molar-refractivity contribution in [3.63, 3.8) is 0 Å². The maximum Gasteiger partial charge on any atom is 0.0417 e. The fourth-order valence-electron chi connectivity index (χ4n) is 2.41. The van der Waals surface area contributed by atoms with Crippen molar-refractivity contribution < 1.29 is 0 Å². The van der Waals surface area contributed by atoms with Crippen LogP contribution in [0.15, 0.2) is 18.3 Å². The molecule has 1 aliphatic heterocycles. The van der Waals surface area contributed by atoms with Gasteiger partial charge in [-0.2, -0.15) is 0 Å². The van der Waals surface area contributed by atoms with E-state index in [-0.39, 0.29) is 12.4 Å². The summed E-state index contributed by atoms with van der Waals surface area (Å²) in [6.07, 6.45) is 4.43. The molecule has 3 nitrogen and oxygen atoms in total. The number of hydrogen-bond donors (Lipinski definition) is 1. The third-order valence-corrected chi connectivity index (χ3v) is 3.45. The predicted molar refractivity (Wildman–Crippen MR) is 73.3 cm³/mol. The van der Waals surface area contributed by atoms with Crippen LogP contribution in [0.3, 0.4) is 0 Å². The smallest absolute Gasteiger partial charge is 0.0417 e. The second-order valence-corrected chi connectivity index (χ2v) is 4.73. The zero-order valence-corrected chi connectivity index (χ0v) is 11.2. The van der Waals surface area contributed by atoms with Gasteiger partial charge in [-0.1, -0.05) is 6.07 Å². The molecule has 0 spiro atoms. The molecule has 1 atom stereocenters. The highest BCUT2D eigenvalue weighted by atomic mass is 35.5. The molecule has 0 saturated carbocycles. The lowest BCUT2D eigenvalue weighted by Gasteiger charge is -2.32. The lowest BCUT2D eigenvalue weighted by molar-refractivity contribution is 0.170. The molecule has 1 fully saturated rings. The Morgan fingerprint density at radius 3 is 3.06 bits per heavy atom. The van der Waals surface area contributed by atoms with E-state index >= 15 is 0 Å². The van der Waals surface area contributed by atoms with Gasteiger partial charge in [0.25, 0.3) is 0 Å². The second-order valence-electron chi connectivity index (χ2n) is 4.73. The van der Waals surface area contributed by atoms with Crippen molar-refractivity contribution in [3.8, 4) is 0 Å². The zero-order valence-electron chi connectivity index (χ0n) is 10.4. The molecule has 2 heterocycles. The quantitative estimate of drug-likeness (QED) is 0.898. The van der Waals surface area contributed by atoms with Gasteiger partial charge in [0.15, 0.2) is 0 Å². The average molecular weight is 256 g/mol. The summed E-state index contributed by atoms with van der Waals surface area (Å²) in [5, 5.41) is 0. The monoisotopic (exact) mass is 255 g/mol. The van der Waals surface area contributed by atoms with Crippen LogP contribution in [0.2, 0.25) is 0 Å². The molecule has 1 aromatic rings. The fraction of sp³-hybridized carbons (Fsp3) is 0.615. The molecule has 0 amide bonds. The summed E-state index contributed by atoms with van der Waals surface area (Å²) in [4.78, 5) is 6.84. The van der Waals surface area contributed by atoms with Gasteiger partial charge in [0.1, 0.15) is 0 Å². The highest BCUT2D eigenvalue weighted by Gasteiger charge is 2.18. The van der Waals surface area contributed by atoms with E-state index < -0.39 is 0 Å². The Morgan fingerprint density at radius 2 is 2.35 bits per heavy atom. The SMILES string of the molecule is Cc1ncccc1CN1CCCC(CN)C1.Cl. The van der Waals surface area contributed by atoms with Crippen LogP contribution >= 0.6 is 12.4 Å². The number of piperidine rings is 1. The van der Waals surface area contributed by atoms with E-state index in [4.69, 9.17) is 5.73 Å². The molecule has 1 unspecified atom stereocenters. The van der Waals surface area contributed by atoms with Crippen molar-refractivity contribution in [2.24, 2.45) is 11.7 Å². The Bertz CT molecular complexity index is 343. The van der Waals surface area contributed by atoms with E-state index in [9.17, 15) is 0 Å². The van der Waals surface area contributed by atoms with E-state index in [1.54, 1.807) is 0 Å². The number of aryl methyl sites for hydroxylation is 1. The number of nitrogens with two attached hydrogens (primary N) is 1. The van der Waals surface area contributed by atoms with Crippen molar-refractivity contribution in [1.29, 1.82) is 0 Å². The van der Waals surface area contributed by atoms with E-state index in [0.717, 1.165) is 25.3 Å². The third kappa shape index (κ3) is 3.95. The molecule has 96 valence electrons. The first kappa shape index (κ1) is 14.4. The van der Waals surface area contributed by atoms with Gasteiger partial charge in [-0.15, -0.1) is 12.4 Å². The van der Waals surface area contributed by atoms with Crippen molar-refractivity contribution in [1.82, 2.24) is 9.88 Å². The van der Waals surface area contributed by atoms with Crippen molar-refractivity contribution in [2.45, 2.75) is 26.3 Å². The lowest BCUT2D eigenvalue weighted by atomic mass is 9.98. The zero-order chi connectivity index (χ0) is 11.4. The van der Waals surface area contributed by atoms with Crippen molar-refractivity contribution in [3.05, 3.63) is 29.6 Å². The molecule has 0 aliphatic carbocycles. The molecule has 17 heavy (non-hydrogen) atoms. The number of aromatic nitrogens is 1. The Kier molecular flexibility index (Phi) is 5.89. The van der Waals surface area contributed by atoms with Gasteiger partial charge < -0.3 is 5.73 Å². The number of halogens is 1. The van der Waals surface area contributed by atoms with E-state index in [2.05, 4.69) is 22.9 Å². The Hall–Kier alpha value is -0.640. The van der Waals surface area contributed by atoms with E-state index in [1.807, 2.05) is 12.3 Å². The Labute approximate surface area is 110 Å². The molecule has 1 aliphatic rings. The summed E-state index contributed by atoms with van der Waals surface area (Å²) in [6, 6.07) is 4.20. The second kappa shape index (κ2) is 6.94. The van der Waals surface area contributed by atoms with Gasteiger partial charge in [-0.05, 0) is 50.4 Å². The molecule has 1 aromatic heterocycles. The van der Waals surface area contributed by atoms with Crippen LogP contribution in [0, 0.1) is 12.8 Å². The molecule has 2 rings (SSSR count). The average Bonchev–Trinajstić information content (AvgIpc) is 2.32. The predicted octanol–water partition coefficient (Wildman–Crippen LogP) is 1.98. The summed E-state index contributed by atoms with van der Waals surface area (Å²) in [6.45, 7) is 6.27. The molecular formula is C13H22ClN3. The van der Waals surface area contributed by atoms with E-state index in [1.165, 1.54) is 24.9 Å². The van der Waals surface area contributed by atoms with Crippen LogP contribution in [0.5, 0.6) is 0 Å².